The van der Waals surface area contributed by atoms with Gasteiger partial charge in [0.2, 0.25) is 12.7 Å². The number of nitroso groups, excluding NO2 is 1. The summed E-state index contributed by atoms with van der Waals surface area (Å²) in [5.41, 5.74) is 2.73. The van der Waals surface area contributed by atoms with Crippen LogP contribution in [-0.4, -0.2) is 19.7 Å². The maximum Gasteiger partial charge on any atom is 0.265 e. The molecule has 0 spiro atoms. The van der Waals surface area contributed by atoms with Crippen molar-refractivity contribution in [3.63, 3.8) is 0 Å². The van der Waals surface area contributed by atoms with E-state index < -0.39 is 10.0 Å². The van der Waals surface area contributed by atoms with Gasteiger partial charge in [0.1, 0.15) is 5.03 Å². The topological polar surface area (TPSA) is 81.2 Å². The van der Waals surface area contributed by atoms with E-state index in [4.69, 9.17) is 16.9 Å². The van der Waals surface area contributed by atoms with Gasteiger partial charge in [0.05, 0.1) is 22.2 Å². The monoisotopic (exact) mass is 386 g/mol. The first-order valence-corrected chi connectivity index (χ1v) is 9.73. The van der Waals surface area contributed by atoms with Crippen LogP contribution in [0.3, 0.4) is 0 Å². The van der Waals surface area contributed by atoms with Crippen LogP contribution < -0.4 is 4.31 Å². The third kappa shape index (κ3) is 2.50. The standard InChI is InChI=1S/C18H13ClN3O3S/c19-15-11-21(23)10-14-2-1-3-17(18(14)15)26(24,25)22-7-6-13-5-4-12(9-20)8-16(13)22/h1-5,8,11H,6-7,10H2/q+1. The van der Waals surface area contributed by atoms with Gasteiger partial charge in [0, 0.05) is 27.3 Å². The Bertz CT molecular complexity index is 1130. The van der Waals surface area contributed by atoms with Gasteiger partial charge in [0.15, 0.2) is 0 Å². The number of hydrogen-bond donors (Lipinski definition) is 0. The van der Waals surface area contributed by atoms with Gasteiger partial charge in [-0.15, -0.1) is 0 Å². The van der Waals surface area contributed by atoms with Crippen LogP contribution in [-0.2, 0) is 23.0 Å². The summed E-state index contributed by atoms with van der Waals surface area (Å²) in [5, 5.41) is 9.22. The van der Waals surface area contributed by atoms with Crippen LogP contribution in [0.4, 0.5) is 5.69 Å². The Labute approximate surface area is 155 Å². The molecule has 0 saturated carbocycles. The fourth-order valence-corrected chi connectivity index (χ4v) is 5.52. The summed E-state index contributed by atoms with van der Waals surface area (Å²) in [4.78, 5) is 11.7. The largest absolute Gasteiger partial charge is 0.266 e. The first-order chi connectivity index (χ1) is 12.4. The van der Waals surface area contributed by atoms with Crippen molar-refractivity contribution in [1.82, 2.24) is 0 Å². The van der Waals surface area contributed by atoms with Crippen molar-refractivity contribution in [3.05, 3.63) is 69.8 Å². The number of fused-ring (bicyclic) bond motifs is 2. The zero-order valence-corrected chi connectivity index (χ0v) is 15.1. The van der Waals surface area contributed by atoms with E-state index >= 15 is 0 Å². The summed E-state index contributed by atoms with van der Waals surface area (Å²) in [6.07, 6.45) is 1.77. The highest BCUT2D eigenvalue weighted by Gasteiger charge is 2.36. The molecule has 0 bridgehead atoms. The van der Waals surface area contributed by atoms with E-state index in [0.29, 0.717) is 40.1 Å². The van der Waals surface area contributed by atoms with Crippen molar-refractivity contribution in [2.45, 2.75) is 17.9 Å². The van der Waals surface area contributed by atoms with Gasteiger partial charge in [0.25, 0.3) is 10.0 Å². The van der Waals surface area contributed by atoms with Crippen LogP contribution in [0, 0.1) is 16.2 Å². The van der Waals surface area contributed by atoms with Gasteiger partial charge in [-0.3, -0.25) is 4.31 Å². The lowest BCUT2D eigenvalue weighted by Gasteiger charge is -2.22. The second kappa shape index (κ2) is 5.94. The summed E-state index contributed by atoms with van der Waals surface area (Å²) in [6, 6.07) is 11.9. The van der Waals surface area contributed by atoms with Crippen molar-refractivity contribution >= 4 is 32.3 Å². The Morgan fingerprint density at radius 1 is 1.19 bits per heavy atom. The molecule has 26 heavy (non-hydrogen) atoms. The van der Waals surface area contributed by atoms with Crippen LogP contribution in [0.15, 0.2) is 47.5 Å². The number of hydrogen-bond acceptors (Lipinski definition) is 4. The molecule has 2 aromatic carbocycles. The van der Waals surface area contributed by atoms with Gasteiger partial charge >= 0.3 is 0 Å². The van der Waals surface area contributed by atoms with E-state index in [9.17, 15) is 13.3 Å². The Morgan fingerprint density at radius 3 is 2.77 bits per heavy atom. The molecule has 0 atom stereocenters. The van der Waals surface area contributed by atoms with E-state index in [1.807, 2.05) is 6.07 Å². The van der Waals surface area contributed by atoms with Crippen LogP contribution in [0.25, 0.3) is 5.03 Å². The molecule has 2 aliphatic heterocycles. The Balaban J connectivity index is 1.88. The van der Waals surface area contributed by atoms with E-state index in [1.165, 1.54) is 16.6 Å². The second-order valence-electron chi connectivity index (χ2n) is 6.12. The lowest BCUT2D eigenvalue weighted by atomic mass is 10.1. The molecular formula is C18H13ClN3O3S+. The first-order valence-electron chi connectivity index (χ1n) is 7.91. The summed E-state index contributed by atoms with van der Waals surface area (Å²) < 4.78 is 28.7. The highest BCUT2D eigenvalue weighted by molar-refractivity contribution is 7.93. The third-order valence-corrected chi connectivity index (χ3v) is 6.71. The van der Waals surface area contributed by atoms with Gasteiger partial charge in [-0.2, -0.15) is 5.26 Å². The molecule has 0 aromatic heterocycles. The molecule has 8 heteroatoms. The van der Waals surface area contributed by atoms with Gasteiger partial charge in [-0.25, -0.2) is 8.42 Å². The smallest absolute Gasteiger partial charge is 0.265 e. The van der Waals surface area contributed by atoms with Gasteiger partial charge in [-0.05, 0) is 30.2 Å². The molecule has 0 radical (unpaired) electrons. The maximum absolute atomic E-state index is 13.4. The Morgan fingerprint density at radius 2 is 2.00 bits per heavy atom. The molecule has 2 aromatic rings. The summed E-state index contributed by atoms with van der Waals surface area (Å²) in [7, 11) is -3.89. The number of anilines is 1. The zero-order chi connectivity index (χ0) is 18.5. The number of sulfonamides is 1. The second-order valence-corrected chi connectivity index (χ2v) is 8.36. The molecule has 0 aliphatic carbocycles. The summed E-state index contributed by atoms with van der Waals surface area (Å²) in [6.45, 7) is 0.343. The first kappa shape index (κ1) is 16.8. The van der Waals surface area contributed by atoms with Gasteiger partial charge < -0.3 is 0 Å². The molecule has 130 valence electrons. The van der Waals surface area contributed by atoms with E-state index in [-0.39, 0.29) is 16.5 Å². The fourth-order valence-electron chi connectivity index (χ4n) is 3.39. The maximum atomic E-state index is 13.4. The molecule has 2 heterocycles. The van der Waals surface area contributed by atoms with Gasteiger partial charge in [-0.1, -0.05) is 29.8 Å². The van der Waals surface area contributed by atoms with E-state index in [0.717, 1.165) is 5.56 Å². The van der Waals surface area contributed by atoms with Crippen LogP contribution >= 0.6 is 11.6 Å². The molecule has 2 aliphatic rings. The minimum atomic E-state index is -3.89. The van der Waals surface area contributed by atoms with Crippen molar-refractivity contribution < 1.29 is 13.2 Å². The Hall–Kier alpha value is -2.69. The number of benzene rings is 2. The zero-order valence-electron chi connectivity index (χ0n) is 13.5. The molecule has 0 amide bonds. The van der Waals surface area contributed by atoms with Crippen LogP contribution in [0.2, 0.25) is 0 Å². The molecule has 0 N–H and O–H groups in total. The molecular weight excluding hydrogens is 374 g/mol. The predicted molar refractivity (Wildman–Crippen MR) is 97.0 cm³/mol. The van der Waals surface area contributed by atoms with Crippen LogP contribution in [0.1, 0.15) is 22.3 Å². The van der Waals surface area contributed by atoms with E-state index in [2.05, 4.69) is 0 Å². The number of nitriles is 1. The summed E-state index contributed by atoms with van der Waals surface area (Å²) in [5.74, 6) is 0. The molecule has 0 saturated heterocycles. The molecule has 0 unspecified atom stereocenters. The average Bonchev–Trinajstić information content (AvgIpc) is 3.04. The molecule has 0 fully saturated rings. The average molecular weight is 387 g/mol. The van der Waals surface area contributed by atoms with Crippen molar-refractivity contribution in [2.24, 2.45) is 0 Å². The number of nitrogens with zero attached hydrogens (tertiary/aromatic N) is 3. The van der Waals surface area contributed by atoms with Crippen molar-refractivity contribution in [1.29, 1.82) is 5.26 Å². The van der Waals surface area contributed by atoms with Crippen LogP contribution in [0.5, 0.6) is 0 Å². The number of halogens is 1. The number of rotatable bonds is 2. The van der Waals surface area contributed by atoms with Crippen molar-refractivity contribution in [3.8, 4) is 6.07 Å². The summed E-state index contributed by atoms with van der Waals surface area (Å²) >= 11 is 6.20. The Kier molecular flexibility index (Phi) is 3.83. The fraction of sp³-hybridized carbons (Fsp3) is 0.167. The lowest BCUT2D eigenvalue weighted by Crippen LogP contribution is -2.30. The molecule has 6 nitrogen and oxygen atoms in total. The highest BCUT2D eigenvalue weighted by atomic mass is 35.5. The third-order valence-electron chi connectivity index (χ3n) is 4.57. The SMILES string of the molecule is N#Cc1ccc2c(c1)N(S(=O)(=O)c1cccc3c1C(Cl)=C[N+](=O)C3)CC2. The quantitative estimate of drug-likeness (QED) is 0.742. The lowest BCUT2D eigenvalue weighted by molar-refractivity contribution is -0.496. The highest BCUT2D eigenvalue weighted by Crippen LogP contribution is 2.38. The van der Waals surface area contributed by atoms with E-state index in [1.54, 1.807) is 30.3 Å². The predicted octanol–water partition coefficient (Wildman–Crippen LogP) is 3.14. The van der Waals surface area contributed by atoms with Crippen molar-refractivity contribution in [2.75, 3.05) is 10.8 Å². The minimum Gasteiger partial charge on any atom is -0.266 e. The molecule has 4 rings (SSSR count). The minimum absolute atomic E-state index is 0.0457. The normalized spacial score (nSPS) is 15.9.